The van der Waals surface area contributed by atoms with Gasteiger partial charge in [0.2, 0.25) is 0 Å². The monoisotopic (exact) mass is 328 g/mol. The van der Waals surface area contributed by atoms with E-state index in [1.165, 1.54) is 0 Å². The Kier molecular flexibility index (Phi) is 14.4. The van der Waals surface area contributed by atoms with Gasteiger partial charge in [0, 0.05) is 0 Å². The van der Waals surface area contributed by atoms with Crippen LogP contribution < -0.4 is 68.9 Å². The Morgan fingerprint density at radius 2 is 1.53 bits per heavy atom. The average molecular weight is 328 g/mol. The number of hydrogen-bond acceptors (Lipinski definition) is 9. The van der Waals surface area contributed by atoms with Gasteiger partial charge in [0.1, 0.15) is 24.4 Å². The van der Waals surface area contributed by atoms with Crippen LogP contribution in [0.15, 0.2) is 0 Å². The predicted molar refractivity (Wildman–Crippen MR) is 46.1 cm³/mol. The van der Waals surface area contributed by atoms with Gasteiger partial charge >= 0.3 is 59.1 Å². The van der Waals surface area contributed by atoms with Gasteiger partial charge in [-0.2, -0.15) is 0 Å². The van der Waals surface area contributed by atoms with E-state index < -0.39 is 45.1 Å². The third kappa shape index (κ3) is 8.17. The first-order chi connectivity index (χ1) is 7.22. The van der Waals surface area contributed by atoms with Gasteiger partial charge in [-0.25, -0.2) is 0 Å². The minimum absolute atomic E-state index is 0. The van der Waals surface area contributed by atoms with Gasteiger partial charge < -0.3 is 49.5 Å². The average Bonchev–Trinajstić information content (AvgIpc) is 2.17. The summed E-state index contributed by atoms with van der Waals surface area (Å²) in [6.45, 7) is -0.855. The van der Waals surface area contributed by atoms with Crippen LogP contribution in [0.2, 0.25) is 0 Å². The zero-order valence-electron chi connectivity index (χ0n) is 10.4. The topological polar surface area (TPSA) is 194 Å². The van der Waals surface area contributed by atoms with E-state index in [0.717, 1.165) is 0 Å². The fraction of sp³-hybridized carbons (Fsp3) is 1.00. The Bertz CT molecular complexity index is 287. The van der Waals surface area contributed by atoms with Crippen molar-refractivity contribution in [1.29, 1.82) is 0 Å². The molecular formula is C6H13Na2O10P. The van der Waals surface area contributed by atoms with Crippen molar-refractivity contribution in [2.75, 3.05) is 6.61 Å². The molecule has 0 radical (unpaired) electrons. The van der Waals surface area contributed by atoms with Crippen molar-refractivity contribution < 1.29 is 109 Å². The molecular weight excluding hydrogens is 315 g/mol. The fourth-order valence-corrected chi connectivity index (χ4v) is 1.56. The van der Waals surface area contributed by atoms with E-state index in [9.17, 15) is 24.6 Å². The summed E-state index contributed by atoms with van der Waals surface area (Å²) in [5.41, 5.74) is 0. The smallest absolute Gasteiger partial charge is 0.790 e. The van der Waals surface area contributed by atoms with Crippen LogP contribution in [-0.2, 0) is 13.8 Å². The van der Waals surface area contributed by atoms with Gasteiger partial charge in [-0.05, 0) is 0 Å². The van der Waals surface area contributed by atoms with Crippen molar-refractivity contribution >= 4 is 7.82 Å². The van der Waals surface area contributed by atoms with Crippen LogP contribution in [0.4, 0.5) is 0 Å². The third-order valence-corrected chi connectivity index (χ3v) is 2.55. The number of phosphoric ester groups is 1. The van der Waals surface area contributed by atoms with E-state index in [2.05, 4.69) is 9.26 Å². The summed E-state index contributed by atoms with van der Waals surface area (Å²) in [6.07, 6.45) is -8.35. The Morgan fingerprint density at radius 1 is 1.05 bits per heavy atom. The third-order valence-electron chi connectivity index (χ3n) is 2.08. The maximum absolute atomic E-state index is 10.1. The molecule has 5 atom stereocenters. The summed E-state index contributed by atoms with van der Waals surface area (Å²) in [5, 5.41) is 36.6. The molecule has 1 rings (SSSR count). The first-order valence-corrected chi connectivity index (χ1v) is 5.73. The number of rotatable bonds is 3. The van der Waals surface area contributed by atoms with Crippen molar-refractivity contribution in [2.45, 2.75) is 30.7 Å². The summed E-state index contributed by atoms with van der Waals surface area (Å²) in [4.78, 5) is 20.3. The van der Waals surface area contributed by atoms with Crippen LogP contribution in [0, 0.1) is 0 Å². The van der Waals surface area contributed by atoms with Crippen LogP contribution >= 0.6 is 7.82 Å². The molecule has 1 heterocycles. The number of aliphatic hydroxyl groups is 4. The summed E-state index contributed by atoms with van der Waals surface area (Å²) >= 11 is 0. The molecule has 0 aromatic rings. The molecule has 13 heteroatoms. The molecule has 1 unspecified atom stereocenters. The number of hydrogen-bond donors (Lipinski definition) is 4. The number of ether oxygens (including phenoxy) is 1. The zero-order valence-corrected chi connectivity index (χ0v) is 15.3. The van der Waals surface area contributed by atoms with Gasteiger partial charge in [0.25, 0.3) is 0 Å². The van der Waals surface area contributed by atoms with Gasteiger partial charge in [0.05, 0.1) is 14.4 Å². The van der Waals surface area contributed by atoms with Gasteiger partial charge in [-0.15, -0.1) is 0 Å². The number of phosphoric acid groups is 1. The molecule has 0 aliphatic carbocycles. The second-order valence-electron chi connectivity index (χ2n) is 3.28. The molecule has 104 valence electrons. The molecule has 0 aromatic heterocycles. The first-order valence-electron chi connectivity index (χ1n) is 4.26. The van der Waals surface area contributed by atoms with Crippen molar-refractivity contribution in [3.63, 3.8) is 0 Å². The van der Waals surface area contributed by atoms with Crippen molar-refractivity contribution in [3.8, 4) is 0 Å². The molecule has 1 fully saturated rings. The largest absolute Gasteiger partial charge is 1.00 e. The molecule has 1 saturated heterocycles. The minimum atomic E-state index is -5.23. The van der Waals surface area contributed by atoms with Crippen LogP contribution in [0.25, 0.3) is 0 Å². The van der Waals surface area contributed by atoms with Crippen LogP contribution in [-0.4, -0.2) is 63.2 Å². The Labute approximate surface area is 152 Å². The maximum atomic E-state index is 10.1. The van der Waals surface area contributed by atoms with Crippen LogP contribution in [0.1, 0.15) is 0 Å². The van der Waals surface area contributed by atoms with E-state index in [1.807, 2.05) is 0 Å². The van der Waals surface area contributed by atoms with Gasteiger partial charge in [0.15, 0.2) is 6.29 Å². The summed E-state index contributed by atoms with van der Waals surface area (Å²) in [7, 11) is -5.23. The standard InChI is InChI=1S/C6H13O9P.2Na.H2O/c7-3-2(1-14-16(11,12)13)15-6(10)5(9)4(3)8;;;/h2-10H,1H2,(H2,11,12,13);;;1H2/q;2*+1;/p-2/t2-,3-,4+,5-,6?;;;/m1.../s1/i1+1,2+1,3+1,4+1,5+1,6+1;;;. The molecule has 1 aliphatic rings. The first kappa shape index (κ1) is 25.8. The quantitative estimate of drug-likeness (QED) is 0.221. The molecule has 0 spiro atoms. The summed E-state index contributed by atoms with van der Waals surface area (Å²) < 4.78 is 18.5. The van der Waals surface area contributed by atoms with Crippen molar-refractivity contribution in [3.05, 3.63) is 0 Å². The molecule has 1 aliphatic heterocycles. The zero-order chi connectivity index (χ0) is 12.5. The second-order valence-corrected chi connectivity index (χ2v) is 4.43. The molecule has 19 heavy (non-hydrogen) atoms. The molecule has 0 aromatic carbocycles. The van der Waals surface area contributed by atoms with Crippen molar-refractivity contribution in [2.24, 2.45) is 0 Å². The molecule has 10 nitrogen and oxygen atoms in total. The SMILES string of the molecule is O.O=P([O-])([O-])O[13CH2][13C@H]1O[13CH](O)[13C@H](O)[13C@@H](O)[13C@@H]1O.[Na+].[Na+]. The van der Waals surface area contributed by atoms with Crippen LogP contribution in [0.3, 0.4) is 0 Å². The maximum Gasteiger partial charge on any atom is 1.00 e. The van der Waals surface area contributed by atoms with Crippen molar-refractivity contribution in [1.82, 2.24) is 0 Å². The predicted octanol–water partition coefficient (Wildman–Crippen LogP) is -11.2. The number of aliphatic hydroxyl groups excluding tert-OH is 4. The molecule has 0 amide bonds. The molecule has 0 bridgehead atoms. The van der Waals surface area contributed by atoms with E-state index in [0.29, 0.717) is 0 Å². The Morgan fingerprint density at radius 3 is 1.95 bits per heavy atom. The fourth-order valence-electron chi connectivity index (χ4n) is 1.23. The van der Waals surface area contributed by atoms with Gasteiger partial charge in [-0.1, -0.05) is 0 Å². The summed E-state index contributed by atoms with van der Waals surface area (Å²) in [5.74, 6) is 0. The van der Waals surface area contributed by atoms with E-state index in [-0.39, 0.29) is 64.6 Å². The minimum Gasteiger partial charge on any atom is -0.790 e. The van der Waals surface area contributed by atoms with E-state index >= 15 is 0 Å². The Balaban J connectivity index is -0.000000853. The normalized spacial score (nSPS) is 34.5. The molecule has 6 N–H and O–H groups in total. The molecule has 0 saturated carbocycles. The van der Waals surface area contributed by atoms with E-state index in [4.69, 9.17) is 10.2 Å². The van der Waals surface area contributed by atoms with Crippen LogP contribution in [0.5, 0.6) is 0 Å². The van der Waals surface area contributed by atoms with Gasteiger partial charge in [-0.3, -0.25) is 0 Å². The second kappa shape index (κ2) is 10.6. The Hall–Kier alpha value is 1.87. The summed E-state index contributed by atoms with van der Waals surface area (Å²) in [6, 6.07) is 0. The van der Waals surface area contributed by atoms with E-state index in [1.54, 1.807) is 0 Å².